The van der Waals surface area contributed by atoms with Crippen LogP contribution in [0.2, 0.25) is 0 Å². The zero-order valence-electron chi connectivity index (χ0n) is 15.6. The van der Waals surface area contributed by atoms with Gasteiger partial charge in [-0.25, -0.2) is 4.98 Å². The van der Waals surface area contributed by atoms with Gasteiger partial charge in [-0.05, 0) is 44.2 Å². The fraction of sp³-hybridized carbons (Fsp3) is 0.500. The Bertz CT molecular complexity index is 705. The first kappa shape index (κ1) is 18.5. The van der Waals surface area contributed by atoms with Crippen LogP contribution in [-0.4, -0.2) is 37.7 Å². The highest BCUT2D eigenvalue weighted by Crippen LogP contribution is 2.28. The van der Waals surface area contributed by atoms with Crippen molar-refractivity contribution in [2.45, 2.75) is 32.7 Å². The van der Waals surface area contributed by atoms with Crippen molar-refractivity contribution >= 4 is 5.96 Å². The molecule has 1 aliphatic carbocycles. The predicted octanol–water partition coefficient (Wildman–Crippen LogP) is 3.13. The van der Waals surface area contributed by atoms with Gasteiger partial charge in [-0.15, -0.1) is 0 Å². The van der Waals surface area contributed by atoms with Crippen LogP contribution in [0, 0.1) is 12.8 Å². The van der Waals surface area contributed by atoms with Gasteiger partial charge in [0.25, 0.3) is 0 Å². The van der Waals surface area contributed by atoms with E-state index in [-0.39, 0.29) is 0 Å². The molecule has 1 aromatic heterocycles. The van der Waals surface area contributed by atoms with Gasteiger partial charge in [0, 0.05) is 32.4 Å². The summed E-state index contributed by atoms with van der Waals surface area (Å²) in [5.74, 6) is 2.22. The van der Waals surface area contributed by atoms with Gasteiger partial charge in [0.15, 0.2) is 5.96 Å². The molecule has 3 rings (SSSR count). The van der Waals surface area contributed by atoms with Crippen LogP contribution >= 0.6 is 0 Å². The average Bonchev–Trinajstić information content (AvgIpc) is 3.36. The number of hydrogen-bond donors (Lipinski definition) is 2. The number of aromatic nitrogens is 1. The standard InChI is InChI=1S/C20H28N4O2/c1-15-4-8-17(9-5-15)19-24-18(14-26-19)12-23-20(21-2)22-10-3-11-25-13-16-6-7-16/h4-5,8-9,14,16H,3,6-7,10-13H2,1-2H3,(H2,21,22,23). The van der Waals surface area contributed by atoms with Crippen molar-refractivity contribution < 1.29 is 9.15 Å². The Labute approximate surface area is 155 Å². The number of guanidine groups is 1. The van der Waals surface area contributed by atoms with Crippen molar-refractivity contribution in [3.05, 3.63) is 41.8 Å². The molecular formula is C20H28N4O2. The normalized spacial score (nSPS) is 14.5. The van der Waals surface area contributed by atoms with E-state index < -0.39 is 0 Å². The minimum atomic E-state index is 0.563. The Hall–Kier alpha value is -2.34. The average molecular weight is 356 g/mol. The lowest BCUT2D eigenvalue weighted by Gasteiger charge is -2.10. The number of aliphatic imine (C=N–C) groups is 1. The van der Waals surface area contributed by atoms with E-state index in [1.165, 1.54) is 18.4 Å². The monoisotopic (exact) mass is 356 g/mol. The molecule has 1 fully saturated rings. The highest BCUT2D eigenvalue weighted by atomic mass is 16.5. The maximum Gasteiger partial charge on any atom is 0.226 e. The number of nitrogens with one attached hydrogen (secondary N) is 2. The molecule has 0 aliphatic heterocycles. The van der Waals surface area contributed by atoms with Crippen molar-refractivity contribution in [3.8, 4) is 11.5 Å². The van der Waals surface area contributed by atoms with E-state index in [9.17, 15) is 0 Å². The molecule has 1 saturated carbocycles. The Morgan fingerprint density at radius 2 is 2.08 bits per heavy atom. The van der Waals surface area contributed by atoms with Crippen molar-refractivity contribution in [1.29, 1.82) is 0 Å². The van der Waals surface area contributed by atoms with Crippen molar-refractivity contribution in [3.63, 3.8) is 0 Å². The van der Waals surface area contributed by atoms with Gasteiger partial charge < -0.3 is 19.8 Å². The summed E-state index contributed by atoms with van der Waals surface area (Å²) in [5, 5.41) is 6.54. The van der Waals surface area contributed by atoms with Gasteiger partial charge in [0.1, 0.15) is 6.26 Å². The van der Waals surface area contributed by atoms with Gasteiger partial charge in [0.05, 0.1) is 12.2 Å². The van der Waals surface area contributed by atoms with E-state index >= 15 is 0 Å². The molecule has 1 aromatic carbocycles. The van der Waals surface area contributed by atoms with Crippen LogP contribution < -0.4 is 10.6 Å². The minimum absolute atomic E-state index is 0.563. The fourth-order valence-corrected chi connectivity index (χ4v) is 2.53. The van der Waals surface area contributed by atoms with Gasteiger partial charge in [0.2, 0.25) is 5.89 Å². The number of aryl methyl sites for hydroxylation is 1. The molecule has 1 aliphatic rings. The molecule has 1 heterocycles. The number of ether oxygens (including phenoxy) is 1. The smallest absolute Gasteiger partial charge is 0.226 e. The minimum Gasteiger partial charge on any atom is -0.444 e. The lowest BCUT2D eigenvalue weighted by molar-refractivity contribution is 0.123. The highest BCUT2D eigenvalue weighted by molar-refractivity contribution is 5.79. The summed E-state index contributed by atoms with van der Waals surface area (Å²) in [6, 6.07) is 8.14. The van der Waals surface area contributed by atoms with Gasteiger partial charge in [-0.3, -0.25) is 4.99 Å². The maximum absolute atomic E-state index is 5.63. The molecule has 0 bridgehead atoms. The molecule has 0 atom stereocenters. The third kappa shape index (κ3) is 5.88. The Morgan fingerprint density at radius 1 is 1.27 bits per heavy atom. The third-order valence-electron chi connectivity index (χ3n) is 4.32. The Balaban J connectivity index is 1.37. The highest BCUT2D eigenvalue weighted by Gasteiger charge is 2.20. The zero-order chi connectivity index (χ0) is 18.2. The molecule has 6 heteroatoms. The number of oxazole rings is 1. The second kappa shape index (κ2) is 9.38. The lowest BCUT2D eigenvalue weighted by Crippen LogP contribution is -2.37. The summed E-state index contributed by atoms with van der Waals surface area (Å²) in [5.41, 5.74) is 3.04. The summed E-state index contributed by atoms with van der Waals surface area (Å²) in [6.45, 7) is 5.17. The van der Waals surface area contributed by atoms with Crippen molar-refractivity contribution in [1.82, 2.24) is 15.6 Å². The molecule has 0 amide bonds. The van der Waals surface area contributed by atoms with Crippen molar-refractivity contribution in [2.75, 3.05) is 26.8 Å². The molecule has 2 N–H and O–H groups in total. The summed E-state index contributed by atoms with van der Waals surface area (Å²) in [4.78, 5) is 8.76. The van der Waals surface area contributed by atoms with E-state index in [1.54, 1.807) is 13.3 Å². The van der Waals surface area contributed by atoms with E-state index in [1.807, 2.05) is 12.1 Å². The molecule has 26 heavy (non-hydrogen) atoms. The molecule has 140 valence electrons. The van der Waals surface area contributed by atoms with Crippen LogP contribution in [-0.2, 0) is 11.3 Å². The van der Waals surface area contributed by atoms with Crippen LogP contribution in [0.25, 0.3) is 11.5 Å². The van der Waals surface area contributed by atoms with Gasteiger partial charge in [-0.2, -0.15) is 0 Å². The summed E-state index contributed by atoms with van der Waals surface area (Å²) in [7, 11) is 1.76. The number of rotatable bonds is 9. The number of hydrogen-bond acceptors (Lipinski definition) is 4. The lowest BCUT2D eigenvalue weighted by atomic mass is 10.1. The predicted molar refractivity (Wildman–Crippen MR) is 103 cm³/mol. The fourth-order valence-electron chi connectivity index (χ4n) is 2.53. The molecule has 0 saturated heterocycles. The van der Waals surface area contributed by atoms with E-state index in [0.29, 0.717) is 12.4 Å². The Kier molecular flexibility index (Phi) is 6.66. The molecular weight excluding hydrogens is 328 g/mol. The van der Waals surface area contributed by atoms with Crippen LogP contribution in [0.1, 0.15) is 30.5 Å². The van der Waals surface area contributed by atoms with E-state index in [4.69, 9.17) is 9.15 Å². The van der Waals surface area contributed by atoms with Crippen LogP contribution in [0.15, 0.2) is 39.9 Å². The summed E-state index contributed by atoms with van der Waals surface area (Å²) in [6.07, 6.45) is 5.32. The third-order valence-corrected chi connectivity index (χ3v) is 4.32. The SMILES string of the molecule is CN=C(NCCCOCC1CC1)NCc1coc(-c2ccc(C)cc2)n1. The number of benzene rings is 1. The largest absolute Gasteiger partial charge is 0.444 e. The van der Waals surface area contributed by atoms with Crippen LogP contribution in [0.4, 0.5) is 0 Å². The summed E-state index contributed by atoms with van der Waals surface area (Å²) < 4.78 is 11.2. The van der Waals surface area contributed by atoms with Crippen molar-refractivity contribution in [2.24, 2.45) is 10.9 Å². The maximum atomic E-state index is 5.63. The molecule has 0 unspecified atom stereocenters. The van der Waals surface area contributed by atoms with Gasteiger partial charge in [-0.1, -0.05) is 17.7 Å². The molecule has 6 nitrogen and oxygen atoms in total. The summed E-state index contributed by atoms with van der Waals surface area (Å²) >= 11 is 0. The van der Waals surface area contributed by atoms with E-state index in [2.05, 4.69) is 39.7 Å². The quantitative estimate of drug-likeness (QED) is 0.410. The first-order chi connectivity index (χ1) is 12.7. The Morgan fingerprint density at radius 3 is 2.81 bits per heavy atom. The molecule has 0 radical (unpaired) electrons. The van der Waals surface area contributed by atoms with E-state index in [0.717, 1.165) is 49.3 Å². The second-order valence-corrected chi connectivity index (χ2v) is 6.73. The first-order valence-electron chi connectivity index (χ1n) is 9.28. The second-order valence-electron chi connectivity index (χ2n) is 6.73. The van der Waals surface area contributed by atoms with Crippen LogP contribution in [0.5, 0.6) is 0 Å². The number of nitrogens with zero attached hydrogens (tertiary/aromatic N) is 2. The van der Waals surface area contributed by atoms with Gasteiger partial charge >= 0.3 is 0 Å². The molecule has 2 aromatic rings. The topological polar surface area (TPSA) is 71.7 Å². The molecule has 0 spiro atoms. The zero-order valence-corrected chi connectivity index (χ0v) is 15.6. The first-order valence-corrected chi connectivity index (χ1v) is 9.28. The van der Waals surface area contributed by atoms with Crippen LogP contribution in [0.3, 0.4) is 0 Å².